The van der Waals surface area contributed by atoms with E-state index in [1.54, 1.807) is 0 Å². The molecule has 11 rings (SSSR count). The summed E-state index contributed by atoms with van der Waals surface area (Å²) in [5.74, 6) is 0. The van der Waals surface area contributed by atoms with Gasteiger partial charge >= 0.3 is 0 Å². The van der Waals surface area contributed by atoms with Crippen LogP contribution in [0.25, 0.3) is 38.6 Å². The van der Waals surface area contributed by atoms with E-state index in [4.69, 9.17) is 0 Å². The molecule has 11 aromatic rings. The van der Waals surface area contributed by atoms with Gasteiger partial charge in [-0.15, -0.1) is 0 Å². The lowest BCUT2D eigenvalue weighted by molar-refractivity contribution is 1.18. The molecule has 0 saturated heterocycles. The van der Waals surface area contributed by atoms with Crippen LogP contribution >= 0.6 is 0 Å². The van der Waals surface area contributed by atoms with Crippen molar-refractivity contribution in [1.29, 1.82) is 0 Å². The topological polar surface area (TPSA) is 14.7 Å². The Morgan fingerprint density at radius 3 is 1.09 bits per heavy atom. The van der Waals surface area contributed by atoms with E-state index in [1.165, 1.54) is 16.3 Å². The normalized spacial score (nSPS) is 11.1. The van der Waals surface area contributed by atoms with Crippen molar-refractivity contribution < 1.29 is 0 Å². The highest BCUT2D eigenvalue weighted by atomic mass is 15.2. The Morgan fingerprint density at radius 1 is 0.219 bits per heavy atom. The van der Waals surface area contributed by atoms with Crippen LogP contribution in [-0.4, -0.2) is 4.57 Å². The summed E-state index contributed by atoms with van der Waals surface area (Å²) in [6.07, 6.45) is 0. The third-order valence-electron chi connectivity index (χ3n) is 11.9. The minimum Gasteiger partial charge on any atom is -0.310 e. The molecule has 0 radical (unpaired) electrons. The van der Waals surface area contributed by atoms with Crippen LogP contribution in [0.2, 0.25) is 0 Å². The monoisotopic (exact) mass is 820 g/mol. The molecule has 0 aliphatic rings. The molecule has 0 saturated carbocycles. The van der Waals surface area contributed by atoms with Crippen LogP contribution in [0.15, 0.2) is 267 Å². The van der Waals surface area contributed by atoms with E-state index in [0.29, 0.717) is 0 Å². The van der Waals surface area contributed by atoms with E-state index in [2.05, 4.69) is 286 Å². The maximum atomic E-state index is 2.39. The average molecular weight is 821 g/mol. The number of aromatic nitrogens is 1. The van der Waals surface area contributed by atoms with E-state index >= 15 is 0 Å². The second kappa shape index (κ2) is 17.0. The predicted octanol–water partition coefficient (Wildman–Crippen LogP) is 16.9. The Kier molecular flexibility index (Phi) is 10.2. The Balaban J connectivity index is 1.12. The second-order valence-electron chi connectivity index (χ2n) is 15.9. The summed E-state index contributed by atoms with van der Waals surface area (Å²) in [5, 5.41) is 2.45. The highest BCUT2D eigenvalue weighted by molar-refractivity contribution is 6.10. The van der Waals surface area contributed by atoms with Crippen LogP contribution in [0.5, 0.6) is 0 Å². The number of anilines is 9. The van der Waals surface area contributed by atoms with Gasteiger partial charge in [-0.05, 0) is 132 Å². The van der Waals surface area contributed by atoms with Crippen LogP contribution in [-0.2, 0) is 0 Å². The molecule has 0 aliphatic carbocycles. The van der Waals surface area contributed by atoms with Crippen LogP contribution in [0, 0.1) is 0 Å². The zero-order valence-electron chi connectivity index (χ0n) is 35.2. The highest BCUT2D eigenvalue weighted by Gasteiger charge is 2.21. The standard InChI is InChI=1S/C60H44N4/c1-7-23-47(24-8-1)61(48-25-9-2-10-26-48)55-41-46(42-56(43-55)62(49-27-11-3-12-28-49)50-29-13-4-14-30-50)45-22-21-35-53(40-45)63(51-31-15-5-16-32-51)54-38-39-58-57-36-19-20-37-59(57)64(60(58)44-54)52-33-17-6-18-34-52/h1-44H. The molecule has 0 aliphatic heterocycles. The third kappa shape index (κ3) is 7.33. The van der Waals surface area contributed by atoms with Gasteiger partial charge in [0.15, 0.2) is 0 Å². The van der Waals surface area contributed by atoms with Gasteiger partial charge in [-0.1, -0.05) is 146 Å². The first-order chi connectivity index (χ1) is 31.8. The summed E-state index contributed by atoms with van der Waals surface area (Å²) in [6.45, 7) is 0. The van der Waals surface area contributed by atoms with Crippen molar-refractivity contribution in [2.24, 2.45) is 0 Å². The van der Waals surface area contributed by atoms with Gasteiger partial charge in [0.1, 0.15) is 0 Å². The lowest BCUT2D eigenvalue weighted by Gasteiger charge is -2.30. The predicted molar refractivity (Wildman–Crippen MR) is 270 cm³/mol. The van der Waals surface area contributed by atoms with Gasteiger partial charge in [0, 0.05) is 67.6 Å². The second-order valence-corrected chi connectivity index (χ2v) is 15.9. The number of fused-ring (bicyclic) bond motifs is 3. The summed E-state index contributed by atoms with van der Waals surface area (Å²) in [6, 6.07) is 95.5. The first kappa shape index (κ1) is 38.3. The van der Waals surface area contributed by atoms with Crippen molar-refractivity contribution in [2.75, 3.05) is 14.7 Å². The molecule has 304 valence electrons. The largest absolute Gasteiger partial charge is 0.310 e. The van der Waals surface area contributed by atoms with Gasteiger partial charge in [0.2, 0.25) is 0 Å². The molecule has 0 fully saturated rings. The zero-order chi connectivity index (χ0) is 42.7. The molecular formula is C60H44N4. The maximum absolute atomic E-state index is 2.39. The fourth-order valence-corrected chi connectivity index (χ4v) is 9.02. The highest BCUT2D eigenvalue weighted by Crippen LogP contribution is 2.45. The molecule has 0 N–H and O–H groups in total. The summed E-state index contributed by atoms with van der Waals surface area (Å²) in [7, 11) is 0. The van der Waals surface area contributed by atoms with Crippen molar-refractivity contribution >= 4 is 73.0 Å². The van der Waals surface area contributed by atoms with Gasteiger partial charge in [-0.3, -0.25) is 0 Å². The molecule has 0 spiro atoms. The van der Waals surface area contributed by atoms with E-state index in [0.717, 1.165) is 73.5 Å². The van der Waals surface area contributed by atoms with Gasteiger partial charge in [-0.25, -0.2) is 0 Å². The Morgan fingerprint density at radius 2 is 0.594 bits per heavy atom. The molecule has 4 nitrogen and oxygen atoms in total. The fourth-order valence-electron chi connectivity index (χ4n) is 9.02. The molecule has 1 aromatic heterocycles. The smallest absolute Gasteiger partial charge is 0.0561 e. The first-order valence-corrected chi connectivity index (χ1v) is 21.8. The van der Waals surface area contributed by atoms with Crippen LogP contribution < -0.4 is 14.7 Å². The van der Waals surface area contributed by atoms with Crippen molar-refractivity contribution in [1.82, 2.24) is 4.57 Å². The molecule has 0 atom stereocenters. The summed E-state index contributed by atoms with van der Waals surface area (Å²) in [5.41, 5.74) is 15.3. The molecule has 0 amide bonds. The first-order valence-electron chi connectivity index (χ1n) is 21.8. The minimum absolute atomic E-state index is 1.05. The molecule has 10 aromatic carbocycles. The zero-order valence-corrected chi connectivity index (χ0v) is 35.2. The summed E-state index contributed by atoms with van der Waals surface area (Å²) in [4.78, 5) is 7.08. The van der Waals surface area contributed by atoms with Crippen molar-refractivity contribution in [2.45, 2.75) is 0 Å². The lowest BCUT2D eigenvalue weighted by Crippen LogP contribution is -2.13. The summed E-state index contributed by atoms with van der Waals surface area (Å²) >= 11 is 0. The van der Waals surface area contributed by atoms with E-state index in [1.807, 2.05) is 0 Å². The Labute approximate surface area is 374 Å². The quantitative estimate of drug-likeness (QED) is 0.129. The molecule has 4 heteroatoms. The molecule has 64 heavy (non-hydrogen) atoms. The number of hydrogen-bond acceptors (Lipinski definition) is 3. The number of rotatable bonds is 11. The number of nitrogens with zero attached hydrogens (tertiary/aromatic N) is 4. The van der Waals surface area contributed by atoms with Gasteiger partial charge in [-0.2, -0.15) is 0 Å². The van der Waals surface area contributed by atoms with E-state index in [9.17, 15) is 0 Å². The number of benzene rings is 10. The molecule has 0 bridgehead atoms. The van der Waals surface area contributed by atoms with Crippen LogP contribution in [0.1, 0.15) is 0 Å². The third-order valence-corrected chi connectivity index (χ3v) is 11.9. The maximum Gasteiger partial charge on any atom is 0.0561 e. The van der Waals surface area contributed by atoms with Gasteiger partial charge in [0.25, 0.3) is 0 Å². The fraction of sp³-hybridized carbons (Fsp3) is 0. The van der Waals surface area contributed by atoms with Crippen molar-refractivity contribution in [3.05, 3.63) is 267 Å². The van der Waals surface area contributed by atoms with Gasteiger partial charge < -0.3 is 19.3 Å². The van der Waals surface area contributed by atoms with E-state index < -0.39 is 0 Å². The Hall–Kier alpha value is -8.60. The van der Waals surface area contributed by atoms with E-state index in [-0.39, 0.29) is 0 Å². The van der Waals surface area contributed by atoms with Gasteiger partial charge in [0.05, 0.1) is 11.0 Å². The SMILES string of the molecule is c1ccc(N(c2ccccc2)c2cc(-c3cccc(N(c4ccccc4)c4ccc5c6ccccc6n(-c6ccccc6)c5c4)c3)cc(N(c3ccccc3)c3ccccc3)c2)cc1. The summed E-state index contributed by atoms with van der Waals surface area (Å²) < 4.78 is 2.39. The number of para-hydroxylation sites is 7. The van der Waals surface area contributed by atoms with Crippen LogP contribution in [0.3, 0.4) is 0 Å². The molecule has 1 heterocycles. The minimum atomic E-state index is 1.05. The molecule has 0 unspecified atom stereocenters. The average Bonchev–Trinajstić information content (AvgIpc) is 3.70. The van der Waals surface area contributed by atoms with Crippen LogP contribution in [0.4, 0.5) is 51.2 Å². The lowest BCUT2D eigenvalue weighted by atomic mass is 10.0. The molecular weight excluding hydrogens is 777 g/mol. The number of hydrogen-bond donors (Lipinski definition) is 0. The Bertz CT molecular complexity index is 3140. The van der Waals surface area contributed by atoms with Crippen molar-refractivity contribution in [3.8, 4) is 16.8 Å². The van der Waals surface area contributed by atoms with Crippen molar-refractivity contribution in [3.63, 3.8) is 0 Å².